The van der Waals surface area contributed by atoms with Crippen molar-refractivity contribution in [3.8, 4) is 0 Å². The number of hydrogen-bond acceptors (Lipinski definition) is 3. The van der Waals surface area contributed by atoms with Crippen LogP contribution in [0, 0.1) is 0 Å². The lowest BCUT2D eigenvalue weighted by molar-refractivity contribution is 0.169. The van der Waals surface area contributed by atoms with E-state index in [0.29, 0.717) is 6.04 Å². The molecule has 3 nitrogen and oxygen atoms in total. The van der Waals surface area contributed by atoms with Crippen molar-refractivity contribution in [2.24, 2.45) is 0 Å². The van der Waals surface area contributed by atoms with Crippen molar-refractivity contribution in [2.75, 3.05) is 39.9 Å². The SMILES string of the molecule is CCCN(CC)CCNC(C)COC. The summed E-state index contributed by atoms with van der Waals surface area (Å²) in [7, 11) is 1.74. The average Bonchev–Trinajstić information content (AvgIpc) is 2.17. The Balaban J connectivity index is 3.40. The Bertz CT molecular complexity index is 120. The molecular weight excluding hydrogens is 176 g/mol. The summed E-state index contributed by atoms with van der Waals surface area (Å²) < 4.78 is 5.06. The molecule has 0 aliphatic carbocycles. The Morgan fingerprint density at radius 3 is 2.50 bits per heavy atom. The van der Waals surface area contributed by atoms with Crippen molar-refractivity contribution < 1.29 is 4.74 Å². The highest BCUT2D eigenvalue weighted by Crippen LogP contribution is 1.90. The second-order valence-corrected chi connectivity index (χ2v) is 3.74. The maximum absolute atomic E-state index is 5.06. The van der Waals surface area contributed by atoms with Crippen molar-refractivity contribution >= 4 is 0 Å². The van der Waals surface area contributed by atoms with E-state index in [4.69, 9.17) is 4.74 Å². The van der Waals surface area contributed by atoms with Gasteiger partial charge < -0.3 is 15.0 Å². The average molecular weight is 202 g/mol. The van der Waals surface area contributed by atoms with Crippen molar-refractivity contribution in [2.45, 2.75) is 33.2 Å². The van der Waals surface area contributed by atoms with E-state index in [-0.39, 0.29) is 0 Å². The summed E-state index contributed by atoms with van der Waals surface area (Å²) in [6, 6.07) is 0.459. The fourth-order valence-corrected chi connectivity index (χ4v) is 1.52. The fourth-order valence-electron chi connectivity index (χ4n) is 1.52. The molecule has 0 aromatic carbocycles. The second-order valence-electron chi connectivity index (χ2n) is 3.74. The fraction of sp³-hybridized carbons (Fsp3) is 1.00. The van der Waals surface area contributed by atoms with E-state index in [1.54, 1.807) is 7.11 Å². The van der Waals surface area contributed by atoms with Crippen molar-refractivity contribution in [3.05, 3.63) is 0 Å². The first kappa shape index (κ1) is 13.9. The lowest BCUT2D eigenvalue weighted by atomic mass is 10.3. The molecule has 0 spiro atoms. The molecule has 1 unspecified atom stereocenters. The number of nitrogens with zero attached hydrogens (tertiary/aromatic N) is 1. The monoisotopic (exact) mass is 202 g/mol. The van der Waals surface area contributed by atoms with Crippen molar-refractivity contribution in [1.82, 2.24) is 10.2 Å². The van der Waals surface area contributed by atoms with Gasteiger partial charge in [0.1, 0.15) is 0 Å². The van der Waals surface area contributed by atoms with Gasteiger partial charge in [0.2, 0.25) is 0 Å². The van der Waals surface area contributed by atoms with E-state index < -0.39 is 0 Å². The molecule has 0 aromatic heterocycles. The largest absolute Gasteiger partial charge is 0.383 e. The van der Waals surface area contributed by atoms with Crippen LogP contribution in [0.3, 0.4) is 0 Å². The standard InChI is InChI=1S/C11H26N2O/c1-5-8-13(6-2)9-7-12-11(3)10-14-4/h11-12H,5-10H2,1-4H3. The summed E-state index contributed by atoms with van der Waals surface area (Å²) in [5.41, 5.74) is 0. The summed E-state index contributed by atoms with van der Waals surface area (Å²) in [6.07, 6.45) is 1.24. The van der Waals surface area contributed by atoms with Gasteiger partial charge >= 0.3 is 0 Å². The second kappa shape index (κ2) is 9.44. The zero-order valence-electron chi connectivity index (χ0n) is 10.2. The summed E-state index contributed by atoms with van der Waals surface area (Å²) in [6.45, 7) is 11.9. The summed E-state index contributed by atoms with van der Waals surface area (Å²) in [5, 5.41) is 3.44. The highest BCUT2D eigenvalue weighted by Gasteiger charge is 2.02. The molecule has 14 heavy (non-hydrogen) atoms. The van der Waals surface area contributed by atoms with Gasteiger partial charge in [0, 0.05) is 26.2 Å². The lowest BCUT2D eigenvalue weighted by Gasteiger charge is -2.21. The van der Waals surface area contributed by atoms with Crippen molar-refractivity contribution in [1.29, 1.82) is 0 Å². The first-order valence-electron chi connectivity index (χ1n) is 5.69. The van der Waals surface area contributed by atoms with Gasteiger partial charge in [-0.1, -0.05) is 13.8 Å². The van der Waals surface area contributed by atoms with Gasteiger partial charge in [0.25, 0.3) is 0 Å². The van der Waals surface area contributed by atoms with Gasteiger partial charge in [-0.2, -0.15) is 0 Å². The molecule has 0 amide bonds. The van der Waals surface area contributed by atoms with Crippen LogP contribution < -0.4 is 5.32 Å². The first-order valence-corrected chi connectivity index (χ1v) is 5.69. The summed E-state index contributed by atoms with van der Waals surface area (Å²) in [5.74, 6) is 0. The molecule has 0 saturated carbocycles. The number of rotatable bonds is 9. The smallest absolute Gasteiger partial charge is 0.0613 e. The Hall–Kier alpha value is -0.120. The van der Waals surface area contributed by atoms with Gasteiger partial charge in [0.15, 0.2) is 0 Å². The zero-order valence-corrected chi connectivity index (χ0v) is 10.2. The van der Waals surface area contributed by atoms with Crippen molar-refractivity contribution in [3.63, 3.8) is 0 Å². The van der Waals surface area contributed by atoms with Gasteiger partial charge in [-0.05, 0) is 26.4 Å². The van der Waals surface area contributed by atoms with E-state index >= 15 is 0 Å². The highest BCUT2D eigenvalue weighted by molar-refractivity contribution is 4.62. The zero-order chi connectivity index (χ0) is 10.8. The topological polar surface area (TPSA) is 24.5 Å². The van der Waals surface area contributed by atoms with E-state index in [1.165, 1.54) is 13.0 Å². The molecule has 0 aliphatic rings. The number of likely N-dealkylation sites (N-methyl/N-ethyl adjacent to an activating group) is 1. The Kier molecular flexibility index (Phi) is 9.35. The minimum Gasteiger partial charge on any atom is -0.383 e. The molecule has 0 bridgehead atoms. The molecule has 3 heteroatoms. The van der Waals surface area contributed by atoms with Gasteiger partial charge in [-0.25, -0.2) is 0 Å². The van der Waals surface area contributed by atoms with Crippen LogP contribution in [0.2, 0.25) is 0 Å². The molecule has 0 fully saturated rings. The number of hydrogen-bond donors (Lipinski definition) is 1. The maximum atomic E-state index is 5.06. The Labute approximate surface area is 88.8 Å². The maximum Gasteiger partial charge on any atom is 0.0613 e. The molecule has 0 radical (unpaired) electrons. The third kappa shape index (κ3) is 7.30. The van der Waals surface area contributed by atoms with E-state index in [9.17, 15) is 0 Å². The number of methoxy groups -OCH3 is 1. The molecular formula is C11H26N2O. The Morgan fingerprint density at radius 1 is 1.29 bits per heavy atom. The summed E-state index contributed by atoms with van der Waals surface area (Å²) >= 11 is 0. The molecule has 86 valence electrons. The van der Waals surface area contributed by atoms with E-state index in [0.717, 1.165) is 26.2 Å². The minimum absolute atomic E-state index is 0.459. The lowest BCUT2D eigenvalue weighted by Crippen LogP contribution is -2.38. The molecule has 0 aromatic rings. The number of nitrogens with one attached hydrogen (secondary N) is 1. The third-order valence-electron chi connectivity index (χ3n) is 2.32. The quantitative estimate of drug-likeness (QED) is 0.611. The van der Waals surface area contributed by atoms with Crippen LogP contribution >= 0.6 is 0 Å². The first-order chi connectivity index (χ1) is 6.74. The Morgan fingerprint density at radius 2 is 2.00 bits per heavy atom. The number of ether oxygens (including phenoxy) is 1. The predicted octanol–water partition coefficient (Wildman–Crippen LogP) is 1.34. The molecule has 0 aliphatic heterocycles. The predicted molar refractivity (Wildman–Crippen MR) is 61.7 cm³/mol. The van der Waals surface area contributed by atoms with Crippen LogP contribution in [0.4, 0.5) is 0 Å². The van der Waals surface area contributed by atoms with Gasteiger partial charge in [-0.15, -0.1) is 0 Å². The highest BCUT2D eigenvalue weighted by atomic mass is 16.5. The van der Waals surface area contributed by atoms with Crippen LogP contribution in [0.5, 0.6) is 0 Å². The van der Waals surface area contributed by atoms with E-state index in [2.05, 4.69) is 31.0 Å². The van der Waals surface area contributed by atoms with Crippen LogP contribution in [0.1, 0.15) is 27.2 Å². The minimum atomic E-state index is 0.459. The van der Waals surface area contributed by atoms with Gasteiger partial charge in [0.05, 0.1) is 6.61 Å². The molecule has 1 atom stereocenters. The third-order valence-corrected chi connectivity index (χ3v) is 2.32. The molecule has 1 N–H and O–H groups in total. The van der Waals surface area contributed by atoms with Crippen LogP contribution in [0.15, 0.2) is 0 Å². The van der Waals surface area contributed by atoms with Crippen LogP contribution in [-0.4, -0.2) is 50.8 Å². The normalized spacial score (nSPS) is 13.5. The van der Waals surface area contributed by atoms with E-state index in [1.807, 2.05) is 0 Å². The molecule has 0 rings (SSSR count). The molecule has 0 heterocycles. The molecule has 0 saturated heterocycles. The van der Waals surface area contributed by atoms with Crippen LogP contribution in [0.25, 0.3) is 0 Å². The summed E-state index contributed by atoms with van der Waals surface area (Å²) in [4.78, 5) is 2.46. The van der Waals surface area contributed by atoms with Gasteiger partial charge in [-0.3, -0.25) is 0 Å². The van der Waals surface area contributed by atoms with Crippen LogP contribution in [-0.2, 0) is 4.74 Å².